The van der Waals surface area contributed by atoms with Gasteiger partial charge in [-0.1, -0.05) is 25.5 Å². The van der Waals surface area contributed by atoms with Crippen LogP contribution in [0.15, 0.2) is 18.2 Å². The first-order valence-electron chi connectivity index (χ1n) is 14.2. The van der Waals surface area contributed by atoms with Crippen molar-refractivity contribution in [1.82, 2.24) is 19.8 Å². The Morgan fingerprint density at radius 1 is 1.12 bits per heavy atom. The standard InChI is InChI=1S/C28H37FN4O8S/c1-5-17-12-28(17,24(35)31-42(38,39)19-9-10-19)30-23(34)22-11-18(14-33(22)26(37)41-27(2,3)4)40-25(36)32-13-16-7-6-8-21(29)20(16)15-32/h6-8,17-19,22H,5,9-15H2,1-4H3,(H,30,34)(H,31,35)/t17-,18-,22+,28-/m1/s1. The highest BCUT2D eigenvalue weighted by Gasteiger charge is 2.62. The third-order valence-electron chi connectivity index (χ3n) is 8.19. The molecule has 230 valence electrons. The van der Waals surface area contributed by atoms with Crippen molar-refractivity contribution in [1.29, 1.82) is 0 Å². The zero-order chi connectivity index (χ0) is 30.6. The maximum absolute atomic E-state index is 14.2. The normalized spacial score (nSPS) is 26.8. The van der Waals surface area contributed by atoms with Crippen LogP contribution in [0.2, 0.25) is 0 Å². The molecule has 2 aliphatic heterocycles. The fraction of sp³-hybridized carbons (Fsp3) is 0.643. The predicted molar refractivity (Wildman–Crippen MR) is 147 cm³/mol. The molecule has 1 saturated heterocycles. The van der Waals surface area contributed by atoms with Gasteiger partial charge in [-0.15, -0.1) is 0 Å². The van der Waals surface area contributed by atoms with E-state index in [4.69, 9.17) is 9.47 Å². The Balaban J connectivity index is 1.29. The van der Waals surface area contributed by atoms with Crippen molar-refractivity contribution in [3.63, 3.8) is 0 Å². The molecule has 0 bridgehead atoms. The third-order valence-corrected chi connectivity index (χ3v) is 10.0. The Hall–Kier alpha value is -3.42. The first-order chi connectivity index (χ1) is 19.6. The van der Waals surface area contributed by atoms with Gasteiger partial charge >= 0.3 is 12.2 Å². The minimum Gasteiger partial charge on any atom is -0.444 e. The molecule has 0 spiro atoms. The van der Waals surface area contributed by atoms with Crippen LogP contribution in [0.1, 0.15) is 70.9 Å². The Morgan fingerprint density at radius 3 is 2.43 bits per heavy atom. The van der Waals surface area contributed by atoms with Gasteiger partial charge in [0.1, 0.15) is 29.1 Å². The summed E-state index contributed by atoms with van der Waals surface area (Å²) < 4.78 is 52.4. The minimum absolute atomic E-state index is 0.0348. The number of sulfonamides is 1. The molecule has 3 fully saturated rings. The van der Waals surface area contributed by atoms with Gasteiger partial charge in [0.2, 0.25) is 15.9 Å². The summed E-state index contributed by atoms with van der Waals surface area (Å²) in [5, 5.41) is 2.12. The van der Waals surface area contributed by atoms with Crippen LogP contribution < -0.4 is 10.0 Å². The number of nitrogens with zero attached hydrogens (tertiary/aromatic N) is 2. The number of rotatable bonds is 7. The average Bonchev–Trinajstić information content (AvgIpc) is 3.78. The molecule has 5 rings (SSSR count). The number of likely N-dealkylation sites (tertiary alicyclic amines) is 1. The van der Waals surface area contributed by atoms with Crippen molar-refractivity contribution in [2.24, 2.45) is 5.92 Å². The summed E-state index contributed by atoms with van der Waals surface area (Å²) in [5.74, 6) is -2.16. The van der Waals surface area contributed by atoms with Gasteiger partial charge < -0.3 is 14.8 Å². The SMILES string of the molecule is CC[C@@H]1C[C@]1(NC(=O)[C@@H]1C[C@@H](OC(=O)N2Cc3cccc(F)c3C2)CN1C(=O)OC(C)(C)C)C(=O)NS(=O)(=O)C1CC1. The zero-order valence-electron chi connectivity index (χ0n) is 24.1. The maximum atomic E-state index is 14.2. The number of ether oxygens (including phenoxy) is 2. The molecule has 2 saturated carbocycles. The molecule has 4 atom stereocenters. The number of hydrogen-bond acceptors (Lipinski definition) is 8. The van der Waals surface area contributed by atoms with Crippen molar-refractivity contribution in [3.8, 4) is 0 Å². The van der Waals surface area contributed by atoms with Crippen LogP contribution in [0.5, 0.6) is 0 Å². The Bertz CT molecular complexity index is 1410. The Kier molecular flexibility index (Phi) is 7.65. The molecule has 4 aliphatic rings. The number of hydrogen-bond donors (Lipinski definition) is 2. The zero-order valence-corrected chi connectivity index (χ0v) is 25.0. The molecular formula is C28H37FN4O8S. The summed E-state index contributed by atoms with van der Waals surface area (Å²) >= 11 is 0. The van der Waals surface area contributed by atoms with E-state index in [1.165, 1.54) is 11.0 Å². The fourth-order valence-electron chi connectivity index (χ4n) is 5.68. The van der Waals surface area contributed by atoms with E-state index in [1.54, 1.807) is 32.9 Å². The van der Waals surface area contributed by atoms with Crippen molar-refractivity contribution < 1.29 is 41.5 Å². The van der Waals surface area contributed by atoms with Gasteiger partial charge in [0, 0.05) is 18.5 Å². The summed E-state index contributed by atoms with van der Waals surface area (Å²) in [6.45, 7) is 6.92. The summed E-state index contributed by atoms with van der Waals surface area (Å²) in [6, 6.07) is 3.48. The Labute approximate surface area is 244 Å². The maximum Gasteiger partial charge on any atom is 0.411 e. The second-order valence-electron chi connectivity index (χ2n) is 12.6. The molecule has 2 N–H and O–H groups in total. The lowest BCUT2D eigenvalue weighted by molar-refractivity contribution is -0.132. The van der Waals surface area contributed by atoms with Crippen molar-refractivity contribution >= 4 is 34.0 Å². The number of nitrogens with one attached hydrogen (secondary N) is 2. The molecule has 1 aromatic rings. The fourth-order valence-corrected chi connectivity index (χ4v) is 7.04. The molecule has 2 heterocycles. The monoisotopic (exact) mass is 608 g/mol. The molecule has 1 aromatic carbocycles. The first kappa shape index (κ1) is 30.1. The van der Waals surface area contributed by atoms with Crippen LogP contribution in [0.4, 0.5) is 14.0 Å². The molecule has 0 aromatic heterocycles. The van der Waals surface area contributed by atoms with Gasteiger partial charge in [-0.25, -0.2) is 22.4 Å². The largest absolute Gasteiger partial charge is 0.444 e. The van der Waals surface area contributed by atoms with Gasteiger partial charge in [0.15, 0.2) is 0 Å². The van der Waals surface area contributed by atoms with Gasteiger partial charge in [0.25, 0.3) is 5.91 Å². The number of amides is 4. The van der Waals surface area contributed by atoms with Gasteiger partial charge in [-0.3, -0.25) is 24.1 Å². The molecule has 12 nitrogen and oxygen atoms in total. The molecule has 42 heavy (non-hydrogen) atoms. The lowest BCUT2D eigenvalue weighted by atomic mass is 10.1. The summed E-state index contributed by atoms with van der Waals surface area (Å²) in [5.41, 5.74) is -1.21. The van der Waals surface area contributed by atoms with Crippen LogP contribution in [0.25, 0.3) is 0 Å². The second-order valence-corrected chi connectivity index (χ2v) is 14.5. The molecule has 4 amide bonds. The molecule has 0 radical (unpaired) electrons. The molecular weight excluding hydrogens is 571 g/mol. The molecule has 2 aliphatic carbocycles. The molecule has 14 heteroatoms. The average molecular weight is 609 g/mol. The minimum atomic E-state index is -3.83. The van der Waals surface area contributed by atoms with Gasteiger partial charge in [-0.2, -0.15) is 0 Å². The number of carbonyl (C=O) groups is 4. The lowest BCUT2D eigenvalue weighted by Gasteiger charge is -2.29. The van der Waals surface area contributed by atoms with Crippen LogP contribution in [-0.4, -0.2) is 77.3 Å². The number of carbonyl (C=O) groups excluding carboxylic acids is 4. The number of fused-ring (bicyclic) bond motifs is 1. The van der Waals surface area contributed by atoms with Crippen molar-refractivity contribution in [3.05, 3.63) is 35.1 Å². The van der Waals surface area contributed by atoms with Crippen molar-refractivity contribution in [2.45, 2.75) is 101 Å². The van der Waals surface area contributed by atoms with E-state index in [2.05, 4.69) is 10.0 Å². The highest BCUT2D eigenvalue weighted by molar-refractivity contribution is 7.91. The van der Waals surface area contributed by atoms with E-state index >= 15 is 0 Å². The van der Waals surface area contributed by atoms with Gasteiger partial charge in [-0.05, 0) is 57.6 Å². The van der Waals surface area contributed by atoms with Crippen LogP contribution >= 0.6 is 0 Å². The van der Waals surface area contributed by atoms with E-state index < -0.39 is 68.4 Å². The van der Waals surface area contributed by atoms with E-state index in [0.717, 1.165) is 4.90 Å². The van der Waals surface area contributed by atoms with Crippen LogP contribution in [0, 0.1) is 11.7 Å². The second kappa shape index (κ2) is 10.7. The highest BCUT2D eigenvalue weighted by atomic mass is 32.2. The number of halogens is 1. The highest BCUT2D eigenvalue weighted by Crippen LogP contribution is 2.47. The van der Waals surface area contributed by atoms with Crippen LogP contribution in [-0.2, 0) is 42.2 Å². The predicted octanol–water partition coefficient (Wildman–Crippen LogP) is 2.55. The lowest BCUT2D eigenvalue weighted by Crippen LogP contribution is -2.57. The van der Waals surface area contributed by atoms with Crippen LogP contribution in [0.3, 0.4) is 0 Å². The van der Waals surface area contributed by atoms with E-state index in [9.17, 15) is 32.0 Å². The quantitative estimate of drug-likeness (QED) is 0.479. The van der Waals surface area contributed by atoms with Gasteiger partial charge in [0.05, 0.1) is 18.3 Å². The smallest absolute Gasteiger partial charge is 0.411 e. The number of benzene rings is 1. The third kappa shape index (κ3) is 6.04. The Morgan fingerprint density at radius 2 is 1.83 bits per heavy atom. The summed E-state index contributed by atoms with van der Waals surface area (Å²) in [4.78, 5) is 55.4. The molecule has 0 unspecified atom stereocenters. The van der Waals surface area contributed by atoms with E-state index in [1.807, 2.05) is 6.92 Å². The summed E-state index contributed by atoms with van der Waals surface area (Å²) in [6.07, 6.45) is -0.724. The topological polar surface area (TPSA) is 151 Å². The van der Waals surface area contributed by atoms with E-state index in [0.29, 0.717) is 30.4 Å². The first-order valence-corrected chi connectivity index (χ1v) is 15.8. The summed E-state index contributed by atoms with van der Waals surface area (Å²) in [7, 11) is -3.83. The van der Waals surface area contributed by atoms with E-state index in [-0.39, 0.29) is 38.4 Å². The van der Waals surface area contributed by atoms with Crippen molar-refractivity contribution in [2.75, 3.05) is 6.54 Å².